The van der Waals surface area contributed by atoms with Crippen molar-refractivity contribution in [2.24, 2.45) is 0 Å². The van der Waals surface area contributed by atoms with Gasteiger partial charge in [-0.15, -0.1) is 94.1 Å². The Labute approximate surface area is 255 Å². The van der Waals surface area contributed by atoms with Crippen LogP contribution in [0.5, 0.6) is 0 Å². The van der Waals surface area contributed by atoms with Crippen molar-refractivity contribution in [3.05, 3.63) is 8.47 Å². The molecule has 2 aromatic carbocycles. The van der Waals surface area contributed by atoms with Gasteiger partial charge in [-0.25, -0.2) is 0 Å². The van der Waals surface area contributed by atoms with Gasteiger partial charge < -0.3 is 0 Å². The molecule has 0 aliphatic carbocycles. The minimum absolute atomic E-state index is 1.45. The first-order chi connectivity index (χ1) is 16.5. The molecular formula is C22H24S12. The summed E-state index contributed by atoms with van der Waals surface area (Å²) in [6.07, 6.45) is 17.8. The standard InChI is InChI=1S/C22H24S12/c1-23-9-10(24-2)14(28-6)18-17(13(9)27-5)31-21(32-18)22-33-19-15(29-7)11(25-3)12(26-4)16(30-8)20(19)34-22/h1-8H3. The normalized spacial score (nSPS) is 14.8. The molecule has 0 atom stereocenters. The number of fused-ring (bicyclic) bond motifs is 2. The van der Waals surface area contributed by atoms with E-state index in [-0.39, 0.29) is 0 Å². The van der Waals surface area contributed by atoms with Crippen LogP contribution in [0.4, 0.5) is 0 Å². The number of thioether (sulfide) groups is 12. The zero-order valence-corrected chi connectivity index (χ0v) is 29.7. The molecule has 0 saturated heterocycles. The molecule has 34 heavy (non-hydrogen) atoms. The van der Waals surface area contributed by atoms with Gasteiger partial charge in [0.25, 0.3) is 0 Å². The van der Waals surface area contributed by atoms with Crippen LogP contribution in [0.2, 0.25) is 0 Å². The monoisotopic (exact) mass is 672 g/mol. The molecule has 4 rings (SSSR count). The molecule has 2 aromatic rings. The molecule has 0 radical (unpaired) electrons. The smallest absolute Gasteiger partial charge is 0.0707 e. The Kier molecular flexibility index (Phi) is 11.4. The molecule has 0 unspecified atom stereocenters. The van der Waals surface area contributed by atoms with Gasteiger partial charge in [0, 0.05) is 58.7 Å². The van der Waals surface area contributed by atoms with Crippen molar-refractivity contribution in [3.8, 4) is 0 Å². The third-order valence-corrected chi connectivity index (χ3v) is 18.7. The number of benzene rings is 2. The summed E-state index contributed by atoms with van der Waals surface area (Å²) in [5.74, 6) is 0. The summed E-state index contributed by atoms with van der Waals surface area (Å²) < 4.78 is 2.90. The van der Waals surface area contributed by atoms with Crippen LogP contribution in [-0.4, -0.2) is 50.0 Å². The molecular weight excluding hydrogens is 649 g/mol. The molecule has 2 aliphatic heterocycles. The first-order valence-electron chi connectivity index (χ1n) is 9.78. The largest absolute Gasteiger partial charge is 0.127 e. The number of hydrogen-bond donors (Lipinski definition) is 0. The van der Waals surface area contributed by atoms with Crippen LogP contribution in [0, 0.1) is 0 Å². The average Bonchev–Trinajstić information content (AvgIpc) is 3.50. The second kappa shape index (κ2) is 13.2. The Morgan fingerprint density at radius 2 is 0.471 bits per heavy atom. The van der Waals surface area contributed by atoms with E-state index in [9.17, 15) is 0 Å². The summed E-state index contributed by atoms with van der Waals surface area (Å²) in [5.41, 5.74) is 0. The van der Waals surface area contributed by atoms with Crippen LogP contribution in [0.1, 0.15) is 0 Å². The topological polar surface area (TPSA) is 0 Å². The summed E-state index contributed by atoms with van der Waals surface area (Å²) in [7, 11) is 0. The van der Waals surface area contributed by atoms with E-state index in [0.29, 0.717) is 0 Å². The Morgan fingerprint density at radius 1 is 0.294 bits per heavy atom. The lowest BCUT2D eigenvalue weighted by atomic mass is 10.3. The van der Waals surface area contributed by atoms with Crippen molar-refractivity contribution < 1.29 is 0 Å². The molecule has 0 spiro atoms. The van der Waals surface area contributed by atoms with Crippen molar-refractivity contribution in [2.75, 3.05) is 50.0 Å². The summed E-state index contributed by atoms with van der Waals surface area (Å²) in [6.45, 7) is 0. The van der Waals surface area contributed by atoms with E-state index in [4.69, 9.17) is 0 Å². The van der Waals surface area contributed by atoms with Crippen LogP contribution in [-0.2, 0) is 0 Å². The summed E-state index contributed by atoms with van der Waals surface area (Å²) in [4.78, 5) is 17.5. The Bertz CT molecular complexity index is 979. The molecule has 0 amide bonds. The molecule has 12 heteroatoms. The molecule has 184 valence electrons. The fraction of sp³-hybridized carbons (Fsp3) is 0.364. The predicted octanol–water partition coefficient (Wildman–Crippen LogP) is 11.7. The SMILES string of the molecule is CSc1c(SC)c(SC)c2c(c1SC)SC(=C1Sc3c(SC)c(SC)c(SC)c(SC)c3S1)S2. The van der Waals surface area contributed by atoms with Gasteiger partial charge in [-0.05, 0) is 50.0 Å². The van der Waals surface area contributed by atoms with E-state index in [1.165, 1.54) is 67.2 Å². The van der Waals surface area contributed by atoms with Crippen molar-refractivity contribution in [3.63, 3.8) is 0 Å². The highest BCUT2D eigenvalue weighted by Crippen LogP contribution is 2.68. The van der Waals surface area contributed by atoms with Gasteiger partial charge in [0.1, 0.15) is 0 Å². The van der Waals surface area contributed by atoms with Crippen molar-refractivity contribution in [1.29, 1.82) is 0 Å². The highest BCUT2D eigenvalue weighted by molar-refractivity contribution is 8.31. The zero-order chi connectivity index (χ0) is 24.6. The lowest BCUT2D eigenvalue weighted by molar-refractivity contribution is 0.884. The van der Waals surface area contributed by atoms with Gasteiger partial charge in [-0.1, -0.05) is 47.0 Å². The molecule has 0 saturated carbocycles. The predicted molar refractivity (Wildman–Crippen MR) is 178 cm³/mol. The Hall–Kier alpha value is 2.38. The number of rotatable bonds is 8. The molecule has 0 nitrogen and oxygen atoms in total. The van der Waals surface area contributed by atoms with E-state index in [0.717, 1.165) is 0 Å². The Morgan fingerprint density at radius 3 is 0.618 bits per heavy atom. The maximum Gasteiger partial charge on any atom is 0.0707 e. The van der Waals surface area contributed by atoms with E-state index >= 15 is 0 Å². The van der Waals surface area contributed by atoms with Gasteiger partial charge in [0.15, 0.2) is 0 Å². The first-order valence-corrected chi connectivity index (χ1v) is 22.8. The van der Waals surface area contributed by atoms with E-state index in [2.05, 4.69) is 50.0 Å². The number of hydrogen-bond acceptors (Lipinski definition) is 12. The fourth-order valence-electron chi connectivity index (χ4n) is 3.67. The molecule has 0 bridgehead atoms. The minimum atomic E-state index is 1.45. The van der Waals surface area contributed by atoms with Gasteiger partial charge >= 0.3 is 0 Å². The fourth-order valence-corrected chi connectivity index (χ4v) is 19.0. The Balaban J connectivity index is 1.86. The van der Waals surface area contributed by atoms with Crippen molar-refractivity contribution in [1.82, 2.24) is 0 Å². The minimum Gasteiger partial charge on any atom is -0.127 e. The molecule has 2 aliphatic rings. The summed E-state index contributed by atoms with van der Waals surface area (Å²) in [5, 5.41) is 0. The van der Waals surface area contributed by atoms with Gasteiger partial charge in [0.05, 0.1) is 8.47 Å². The van der Waals surface area contributed by atoms with Crippen LogP contribution in [0.3, 0.4) is 0 Å². The van der Waals surface area contributed by atoms with E-state index < -0.39 is 0 Å². The average molecular weight is 673 g/mol. The van der Waals surface area contributed by atoms with E-state index in [1.54, 1.807) is 0 Å². The zero-order valence-electron chi connectivity index (χ0n) is 19.9. The second-order valence-corrected chi connectivity index (χ2v) is 17.7. The maximum atomic E-state index is 2.23. The maximum absolute atomic E-state index is 2.23. The van der Waals surface area contributed by atoms with Crippen LogP contribution < -0.4 is 0 Å². The molecule has 0 N–H and O–H groups in total. The lowest BCUT2D eigenvalue weighted by Crippen LogP contribution is -1.91. The third kappa shape index (κ3) is 5.13. The summed E-state index contributed by atoms with van der Waals surface area (Å²) >= 11 is 23.2. The van der Waals surface area contributed by atoms with Crippen LogP contribution >= 0.6 is 141 Å². The van der Waals surface area contributed by atoms with Gasteiger partial charge in [-0.3, -0.25) is 0 Å². The molecule has 0 aromatic heterocycles. The van der Waals surface area contributed by atoms with Crippen LogP contribution in [0.25, 0.3) is 0 Å². The quantitative estimate of drug-likeness (QED) is 0.245. The second-order valence-electron chi connectivity index (χ2n) is 6.57. The lowest BCUT2D eigenvalue weighted by Gasteiger charge is -2.18. The highest BCUT2D eigenvalue weighted by atomic mass is 32.2. The van der Waals surface area contributed by atoms with Gasteiger partial charge in [0.2, 0.25) is 0 Å². The molecule has 2 heterocycles. The van der Waals surface area contributed by atoms with Crippen LogP contribution in [0.15, 0.2) is 67.2 Å². The van der Waals surface area contributed by atoms with Gasteiger partial charge in [-0.2, -0.15) is 0 Å². The summed E-state index contributed by atoms with van der Waals surface area (Å²) in [6, 6.07) is 0. The highest BCUT2D eigenvalue weighted by Gasteiger charge is 2.36. The van der Waals surface area contributed by atoms with Crippen molar-refractivity contribution in [2.45, 2.75) is 58.7 Å². The first kappa shape index (κ1) is 29.4. The van der Waals surface area contributed by atoms with Crippen molar-refractivity contribution >= 4 is 141 Å². The molecule has 0 fully saturated rings. The third-order valence-electron chi connectivity index (χ3n) is 5.05. The van der Waals surface area contributed by atoms with E-state index in [1.807, 2.05) is 141 Å².